The fraction of sp³-hybridized carbons (Fsp3) is 1.00. The molecule has 0 saturated carbocycles. The quantitative estimate of drug-likeness (QED) is 0.478. The molecule has 2 unspecified atom stereocenters. The first-order valence-corrected chi connectivity index (χ1v) is 4.47. The SMILES string of the molecule is C1CO1.O=[P+](O)O[P+](=O)O. The lowest BCUT2D eigenvalue weighted by molar-refractivity contribution is 0.371. The molecule has 0 aromatic carbocycles. The van der Waals surface area contributed by atoms with Gasteiger partial charge < -0.3 is 4.74 Å². The Labute approximate surface area is 58.7 Å². The average Bonchev–Trinajstić information content (AvgIpc) is 2.38. The van der Waals surface area contributed by atoms with Crippen molar-refractivity contribution in [2.75, 3.05) is 13.2 Å². The number of ether oxygens (including phenoxy) is 1. The predicted molar refractivity (Wildman–Crippen MR) is 31.6 cm³/mol. The van der Waals surface area contributed by atoms with E-state index in [1.54, 1.807) is 0 Å². The van der Waals surface area contributed by atoms with Crippen LogP contribution in [0.25, 0.3) is 0 Å². The van der Waals surface area contributed by atoms with Crippen molar-refractivity contribution >= 4 is 16.5 Å². The van der Waals surface area contributed by atoms with Gasteiger partial charge in [-0.15, -0.1) is 9.79 Å². The zero-order valence-corrected chi connectivity index (χ0v) is 6.62. The molecule has 58 valence electrons. The second-order valence-corrected chi connectivity index (χ2v) is 2.77. The molecule has 1 saturated heterocycles. The number of hydrogen-bond donors (Lipinski definition) is 2. The Morgan fingerprint density at radius 3 is 1.50 bits per heavy atom. The molecule has 6 nitrogen and oxygen atoms in total. The summed E-state index contributed by atoms with van der Waals surface area (Å²) in [4.78, 5) is 15.3. The lowest BCUT2D eigenvalue weighted by atomic mass is 11.0. The highest BCUT2D eigenvalue weighted by Crippen LogP contribution is 2.30. The van der Waals surface area contributed by atoms with Crippen molar-refractivity contribution in [1.82, 2.24) is 0 Å². The number of epoxide rings is 1. The van der Waals surface area contributed by atoms with E-state index in [4.69, 9.17) is 9.79 Å². The summed E-state index contributed by atoms with van der Waals surface area (Å²) in [5.41, 5.74) is 0. The van der Waals surface area contributed by atoms with Crippen molar-refractivity contribution < 1.29 is 28.0 Å². The Morgan fingerprint density at radius 2 is 1.50 bits per heavy atom. The van der Waals surface area contributed by atoms with Gasteiger partial charge >= 0.3 is 16.5 Å². The molecule has 0 spiro atoms. The molecule has 2 N–H and O–H groups in total. The molecule has 0 aromatic heterocycles. The summed E-state index contributed by atoms with van der Waals surface area (Å²) in [5, 5.41) is 0. The molecule has 0 aliphatic carbocycles. The third-order valence-electron chi connectivity index (χ3n) is 0.344. The minimum atomic E-state index is -2.92. The Hall–Kier alpha value is 0.0400. The molecule has 1 aliphatic heterocycles. The van der Waals surface area contributed by atoms with Gasteiger partial charge in [0.05, 0.1) is 13.2 Å². The Kier molecular flexibility index (Phi) is 5.82. The highest BCUT2D eigenvalue weighted by atomic mass is 31.2. The zero-order chi connectivity index (χ0) is 7.98. The van der Waals surface area contributed by atoms with Crippen LogP contribution < -0.4 is 0 Å². The van der Waals surface area contributed by atoms with Crippen LogP contribution in [0.3, 0.4) is 0 Å². The van der Waals surface area contributed by atoms with Gasteiger partial charge in [0.25, 0.3) is 0 Å². The first-order valence-electron chi connectivity index (χ1n) is 2.21. The minimum absolute atomic E-state index is 1.00. The summed E-state index contributed by atoms with van der Waals surface area (Å²) in [6.45, 7) is 2.00. The molecule has 1 fully saturated rings. The van der Waals surface area contributed by atoms with Crippen LogP contribution in [0.2, 0.25) is 0 Å². The molecule has 8 heteroatoms. The summed E-state index contributed by atoms with van der Waals surface area (Å²) in [6, 6.07) is 0. The van der Waals surface area contributed by atoms with E-state index < -0.39 is 16.5 Å². The van der Waals surface area contributed by atoms with Crippen LogP contribution in [0.5, 0.6) is 0 Å². The van der Waals surface area contributed by atoms with Crippen LogP contribution in [0.4, 0.5) is 0 Å². The Balaban J connectivity index is 0.000000219. The predicted octanol–water partition coefficient (Wildman–Crippen LogP) is 0.319. The van der Waals surface area contributed by atoms with Crippen molar-refractivity contribution in [1.29, 1.82) is 0 Å². The standard InChI is InChI=1S/C2H4O.O5P2/c1-2-3-1;1-6(2)5-7(3)4/h1-2H2;/p+2. The highest BCUT2D eigenvalue weighted by Gasteiger charge is 2.31. The van der Waals surface area contributed by atoms with Gasteiger partial charge in [0.1, 0.15) is 0 Å². The molecule has 0 aromatic rings. The van der Waals surface area contributed by atoms with Gasteiger partial charge in [-0.2, -0.15) is 0 Å². The molecule has 1 rings (SSSR count). The van der Waals surface area contributed by atoms with Crippen LogP contribution in [0.15, 0.2) is 0 Å². The molecule has 0 radical (unpaired) electrons. The van der Waals surface area contributed by atoms with Crippen molar-refractivity contribution in [3.8, 4) is 0 Å². The summed E-state index contributed by atoms with van der Waals surface area (Å²) < 4.78 is 26.7. The molecule has 0 bridgehead atoms. The van der Waals surface area contributed by atoms with E-state index in [1.807, 2.05) is 0 Å². The van der Waals surface area contributed by atoms with Gasteiger partial charge in [0, 0.05) is 9.13 Å². The van der Waals surface area contributed by atoms with Gasteiger partial charge in [-0.25, -0.2) is 0 Å². The third kappa shape index (κ3) is 15.7. The molecule has 0 amide bonds. The Bertz CT molecular complexity index is 117. The van der Waals surface area contributed by atoms with E-state index >= 15 is 0 Å². The topological polar surface area (TPSA) is 96.4 Å². The summed E-state index contributed by atoms with van der Waals surface area (Å²) in [5.74, 6) is 0. The van der Waals surface area contributed by atoms with Gasteiger partial charge in [-0.3, -0.25) is 0 Å². The fourth-order valence-electron chi connectivity index (χ4n) is 0.0598. The van der Waals surface area contributed by atoms with Crippen molar-refractivity contribution in [3.05, 3.63) is 0 Å². The van der Waals surface area contributed by atoms with Crippen molar-refractivity contribution in [2.45, 2.75) is 0 Å². The van der Waals surface area contributed by atoms with Crippen molar-refractivity contribution in [2.24, 2.45) is 0 Å². The van der Waals surface area contributed by atoms with Gasteiger partial charge in [0.2, 0.25) is 0 Å². The monoisotopic (exact) mass is 188 g/mol. The molecule has 2 atom stereocenters. The third-order valence-corrected chi connectivity index (χ3v) is 1.46. The normalized spacial score (nSPS) is 16.6. The summed E-state index contributed by atoms with van der Waals surface area (Å²) in [7, 11) is -5.85. The van der Waals surface area contributed by atoms with Gasteiger partial charge in [-0.05, 0) is 0 Å². The van der Waals surface area contributed by atoms with Crippen LogP contribution in [0, 0.1) is 0 Å². The maximum absolute atomic E-state index is 9.39. The number of hydrogen-bond acceptors (Lipinski definition) is 4. The Morgan fingerprint density at radius 1 is 1.20 bits per heavy atom. The smallest absolute Gasteiger partial charge is 0.377 e. The molecular weight excluding hydrogens is 182 g/mol. The first-order chi connectivity index (χ1) is 4.63. The molecule has 1 aliphatic rings. The van der Waals surface area contributed by atoms with Gasteiger partial charge in [0.15, 0.2) is 4.31 Å². The zero-order valence-electron chi connectivity index (χ0n) is 4.84. The van der Waals surface area contributed by atoms with E-state index in [0.29, 0.717) is 0 Å². The maximum Gasteiger partial charge on any atom is 0.745 e. The second-order valence-electron chi connectivity index (χ2n) is 1.17. The van der Waals surface area contributed by atoms with E-state index in [-0.39, 0.29) is 0 Å². The van der Waals surface area contributed by atoms with Gasteiger partial charge in [-0.1, -0.05) is 0 Å². The van der Waals surface area contributed by atoms with Crippen molar-refractivity contribution in [3.63, 3.8) is 0 Å². The second kappa shape index (κ2) is 5.80. The molecular formula is C2H6O6P2+2. The lowest BCUT2D eigenvalue weighted by Gasteiger charge is -1.50. The van der Waals surface area contributed by atoms with E-state index in [1.165, 1.54) is 0 Å². The van der Waals surface area contributed by atoms with E-state index in [0.717, 1.165) is 13.2 Å². The minimum Gasteiger partial charge on any atom is -0.377 e. The summed E-state index contributed by atoms with van der Waals surface area (Å²) >= 11 is 0. The van der Waals surface area contributed by atoms with Crippen LogP contribution in [0.1, 0.15) is 0 Å². The molecule has 10 heavy (non-hydrogen) atoms. The molecule has 1 heterocycles. The van der Waals surface area contributed by atoms with Crippen LogP contribution in [-0.2, 0) is 18.2 Å². The first kappa shape index (κ1) is 10.0. The fourth-order valence-corrected chi connectivity index (χ4v) is 0.538. The van der Waals surface area contributed by atoms with Crippen LogP contribution >= 0.6 is 16.5 Å². The summed E-state index contributed by atoms with van der Waals surface area (Å²) in [6.07, 6.45) is 0. The largest absolute Gasteiger partial charge is 0.745 e. The van der Waals surface area contributed by atoms with Crippen LogP contribution in [-0.4, -0.2) is 23.0 Å². The number of rotatable bonds is 2. The average molecular weight is 188 g/mol. The van der Waals surface area contributed by atoms with E-state index in [2.05, 4.69) is 9.05 Å². The van der Waals surface area contributed by atoms with E-state index in [9.17, 15) is 9.13 Å². The highest BCUT2D eigenvalue weighted by molar-refractivity contribution is 7.46. The maximum atomic E-state index is 9.39. The lowest BCUT2D eigenvalue weighted by Crippen LogP contribution is -1.58.